The Kier molecular flexibility index (Phi) is 6.57. The van der Waals surface area contributed by atoms with Gasteiger partial charge in [0, 0.05) is 11.6 Å². The number of hydrazine groups is 1. The average molecular weight is 379 g/mol. The minimum atomic E-state index is -0.570. The molecule has 6 nitrogen and oxygen atoms in total. The van der Waals surface area contributed by atoms with E-state index < -0.39 is 17.6 Å². The molecule has 0 atom stereocenters. The van der Waals surface area contributed by atoms with Gasteiger partial charge in [-0.1, -0.05) is 17.7 Å². The highest BCUT2D eigenvalue weighted by atomic mass is 35.5. The first-order valence-corrected chi connectivity index (χ1v) is 7.78. The maximum atomic E-state index is 13.1. The smallest absolute Gasteiger partial charge is 0.269 e. The second-order valence-electron chi connectivity index (χ2n) is 5.02. The van der Waals surface area contributed by atoms with Crippen LogP contribution in [0.15, 0.2) is 42.5 Å². The number of halogens is 2. The van der Waals surface area contributed by atoms with Gasteiger partial charge in [0.15, 0.2) is 11.5 Å². The van der Waals surface area contributed by atoms with Crippen molar-refractivity contribution in [2.45, 2.75) is 0 Å². The molecule has 2 rings (SSSR count). The molecule has 0 saturated heterocycles. The minimum absolute atomic E-state index is 0.0469. The molecule has 2 aromatic rings. The SMILES string of the molecule is COc1ccc(C(=O)NNC(=O)/C=C/c2ccc(F)c(Cl)c2)cc1OC. The normalized spacial score (nSPS) is 10.5. The zero-order valence-corrected chi connectivity index (χ0v) is 14.8. The Labute approximate surface area is 154 Å². The summed E-state index contributed by atoms with van der Waals surface area (Å²) >= 11 is 5.66. The van der Waals surface area contributed by atoms with Gasteiger partial charge in [0.2, 0.25) is 0 Å². The number of nitrogens with one attached hydrogen (secondary N) is 2. The van der Waals surface area contributed by atoms with Crippen LogP contribution in [0.2, 0.25) is 5.02 Å². The third kappa shape index (κ3) is 4.97. The van der Waals surface area contributed by atoms with Crippen LogP contribution >= 0.6 is 11.6 Å². The van der Waals surface area contributed by atoms with E-state index in [9.17, 15) is 14.0 Å². The predicted molar refractivity (Wildman–Crippen MR) is 95.6 cm³/mol. The molecule has 0 aromatic heterocycles. The number of carbonyl (C=O) groups excluding carboxylic acids is 2. The molecular weight excluding hydrogens is 363 g/mol. The van der Waals surface area contributed by atoms with Crippen molar-refractivity contribution in [3.63, 3.8) is 0 Å². The van der Waals surface area contributed by atoms with Crippen LogP contribution < -0.4 is 20.3 Å². The Hall–Kier alpha value is -3.06. The second-order valence-corrected chi connectivity index (χ2v) is 5.43. The van der Waals surface area contributed by atoms with Gasteiger partial charge >= 0.3 is 0 Å². The fourth-order valence-electron chi connectivity index (χ4n) is 2.00. The Morgan fingerprint density at radius 2 is 1.77 bits per heavy atom. The van der Waals surface area contributed by atoms with E-state index in [-0.39, 0.29) is 10.6 Å². The van der Waals surface area contributed by atoms with E-state index in [2.05, 4.69) is 10.9 Å². The van der Waals surface area contributed by atoms with Crippen LogP contribution in [0.1, 0.15) is 15.9 Å². The third-order valence-electron chi connectivity index (χ3n) is 3.32. The second kappa shape index (κ2) is 8.87. The molecule has 0 aliphatic rings. The van der Waals surface area contributed by atoms with Crippen molar-refractivity contribution >= 4 is 29.5 Å². The molecule has 26 heavy (non-hydrogen) atoms. The molecular formula is C18H16ClFN2O4. The van der Waals surface area contributed by atoms with E-state index in [1.807, 2.05) is 0 Å². The third-order valence-corrected chi connectivity index (χ3v) is 3.61. The Bertz CT molecular complexity index is 855. The zero-order chi connectivity index (χ0) is 19.1. The van der Waals surface area contributed by atoms with Crippen LogP contribution in [-0.2, 0) is 4.79 Å². The van der Waals surface area contributed by atoms with E-state index in [0.29, 0.717) is 17.1 Å². The lowest BCUT2D eigenvalue weighted by atomic mass is 10.2. The van der Waals surface area contributed by atoms with Gasteiger partial charge in [0.25, 0.3) is 11.8 Å². The van der Waals surface area contributed by atoms with Crippen molar-refractivity contribution in [2.24, 2.45) is 0 Å². The number of rotatable bonds is 5. The molecule has 0 saturated carbocycles. The monoisotopic (exact) mass is 378 g/mol. The number of hydrogen-bond donors (Lipinski definition) is 2. The van der Waals surface area contributed by atoms with Gasteiger partial charge in [-0.2, -0.15) is 0 Å². The van der Waals surface area contributed by atoms with Crippen molar-refractivity contribution in [1.29, 1.82) is 0 Å². The molecule has 0 bridgehead atoms. The van der Waals surface area contributed by atoms with Crippen LogP contribution in [-0.4, -0.2) is 26.0 Å². The van der Waals surface area contributed by atoms with Crippen molar-refractivity contribution < 1.29 is 23.5 Å². The highest BCUT2D eigenvalue weighted by molar-refractivity contribution is 6.30. The molecule has 0 fully saturated rings. The summed E-state index contributed by atoms with van der Waals surface area (Å²) in [5.74, 6) is -0.777. The van der Waals surface area contributed by atoms with Gasteiger partial charge < -0.3 is 9.47 Å². The van der Waals surface area contributed by atoms with E-state index >= 15 is 0 Å². The Morgan fingerprint density at radius 3 is 2.42 bits per heavy atom. The van der Waals surface area contributed by atoms with Gasteiger partial charge in [-0.05, 0) is 42.0 Å². The fraction of sp³-hybridized carbons (Fsp3) is 0.111. The van der Waals surface area contributed by atoms with Crippen LogP contribution in [0.5, 0.6) is 11.5 Å². The van der Waals surface area contributed by atoms with Gasteiger partial charge in [-0.25, -0.2) is 4.39 Å². The summed E-state index contributed by atoms with van der Waals surface area (Å²) in [5.41, 5.74) is 5.33. The first-order valence-electron chi connectivity index (χ1n) is 7.40. The number of ether oxygens (including phenoxy) is 2. The highest BCUT2D eigenvalue weighted by Crippen LogP contribution is 2.27. The van der Waals surface area contributed by atoms with Crippen LogP contribution in [0.25, 0.3) is 6.08 Å². The highest BCUT2D eigenvalue weighted by Gasteiger charge is 2.11. The topological polar surface area (TPSA) is 76.7 Å². The zero-order valence-electron chi connectivity index (χ0n) is 14.0. The molecule has 2 N–H and O–H groups in total. The number of hydrogen-bond acceptors (Lipinski definition) is 4. The molecule has 0 spiro atoms. The van der Waals surface area contributed by atoms with Crippen molar-refractivity contribution in [2.75, 3.05) is 14.2 Å². The summed E-state index contributed by atoms with van der Waals surface area (Å²) in [6.45, 7) is 0. The predicted octanol–water partition coefficient (Wildman–Crippen LogP) is 2.97. The maximum Gasteiger partial charge on any atom is 0.269 e. The van der Waals surface area contributed by atoms with E-state index in [1.165, 1.54) is 56.7 Å². The molecule has 0 heterocycles. The van der Waals surface area contributed by atoms with Gasteiger partial charge in [-0.15, -0.1) is 0 Å². The van der Waals surface area contributed by atoms with Crippen LogP contribution in [0.4, 0.5) is 4.39 Å². The van der Waals surface area contributed by atoms with E-state index in [0.717, 1.165) is 0 Å². The summed E-state index contributed by atoms with van der Waals surface area (Å²) in [5, 5.41) is -0.0469. The van der Waals surface area contributed by atoms with Gasteiger partial charge in [0.1, 0.15) is 5.82 Å². The summed E-state index contributed by atoms with van der Waals surface area (Å²) < 4.78 is 23.3. The average Bonchev–Trinajstić information content (AvgIpc) is 2.66. The molecule has 8 heteroatoms. The first-order chi connectivity index (χ1) is 12.4. The summed E-state index contributed by atoms with van der Waals surface area (Å²) in [6, 6.07) is 8.62. The lowest BCUT2D eigenvalue weighted by molar-refractivity contribution is -0.117. The molecule has 0 radical (unpaired) electrons. The molecule has 0 aliphatic heterocycles. The van der Waals surface area contributed by atoms with Crippen molar-refractivity contribution in [3.05, 3.63) is 64.4 Å². The lowest BCUT2D eigenvalue weighted by Crippen LogP contribution is -2.40. The minimum Gasteiger partial charge on any atom is -0.493 e. The van der Waals surface area contributed by atoms with Crippen molar-refractivity contribution in [3.8, 4) is 11.5 Å². The summed E-state index contributed by atoms with van der Waals surface area (Å²) in [6.07, 6.45) is 2.61. The maximum absolute atomic E-state index is 13.1. The summed E-state index contributed by atoms with van der Waals surface area (Å²) in [4.78, 5) is 23.8. The molecule has 136 valence electrons. The fourth-order valence-corrected chi connectivity index (χ4v) is 2.19. The lowest BCUT2D eigenvalue weighted by Gasteiger charge is -2.10. The van der Waals surface area contributed by atoms with E-state index in [1.54, 1.807) is 6.07 Å². The standard InChI is InChI=1S/C18H16ClFN2O4/c1-25-15-7-5-12(10-16(15)26-2)18(24)22-21-17(23)8-4-11-3-6-14(20)13(19)9-11/h3-10H,1-2H3,(H,21,23)(H,22,24)/b8-4+. The Morgan fingerprint density at radius 1 is 1.04 bits per heavy atom. The van der Waals surface area contributed by atoms with Gasteiger partial charge in [-0.3, -0.25) is 20.4 Å². The van der Waals surface area contributed by atoms with E-state index in [4.69, 9.17) is 21.1 Å². The molecule has 0 unspecified atom stereocenters. The number of methoxy groups -OCH3 is 2. The number of amides is 2. The quantitative estimate of drug-likeness (QED) is 0.619. The summed E-state index contributed by atoms with van der Waals surface area (Å²) in [7, 11) is 2.94. The van der Waals surface area contributed by atoms with Gasteiger partial charge in [0.05, 0.1) is 19.2 Å². The number of benzene rings is 2. The number of carbonyl (C=O) groups is 2. The molecule has 2 aromatic carbocycles. The molecule has 2 amide bonds. The van der Waals surface area contributed by atoms with Crippen LogP contribution in [0.3, 0.4) is 0 Å². The molecule has 0 aliphatic carbocycles. The first kappa shape index (κ1) is 19.3. The van der Waals surface area contributed by atoms with Crippen molar-refractivity contribution in [1.82, 2.24) is 10.9 Å². The van der Waals surface area contributed by atoms with Crippen LogP contribution in [0, 0.1) is 5.82 Å². The largest absolute Gasteiger partial charge is 0.493 e. The Balaban J connectivity index is 1.95.